The van der Waals surface area contributed by atoms with Crippen LogP contribution in [0.1, 0.15) is 51.0 Å². The molecule has 1 N–H and O–H groups in total. The molecule has 1 aromatic carbocycles. The van der Waals surface area contributed by atoms with Gasteiger partial charge in [0.15, 0.2) is 5.96 Å². The van der Waals surface area contributed by atoms with Gasteiger partial charge in [0.05, 0.1) is 12.2 Å². The first kappa shape index (κ1) is 23.3. The molecule has 1 saturated carbocycles. The van der Waals surface area contributed by atoms with Gasteiger partial charge in [-0.05, 0) is 69.6 Å². The third-order valence-electron chi connectivity index (χ3n) is 5.58. The summed E-state index contributed by atoms with van der Waals surface area (Å²) in [6, 6.07) is 8.59. The number of aliphatic imine (C=N–C) groups is 1. The number of piperidine rings is 1. The van der Waals surface area contributed by atoms with Gasteiger partial charge in [0.2, 0.25) is 0 Å². The van der Waals surface area contributed by atoms with Crippen molar-refractivity contribution in [1.82, 2.24) is 10.2 Å². The van der Waals surface area contributed by atoms with E-state index in [1.165, 1.54) is 31.2 Å². The Morgan fingerprint density at radius 2 is 1.75 bits per heavy atom. The minimum atomic E-state index is 0. The number of ether oxygens (including phenoxy) is 2. The summed E-state index contributed by atoms with van der Waals surface area (Å²) in [4.78, 5) is 6.80. The molecule has 1 heterocycles. The molecule has 1 aromatic rings. The van der Waals surface area contributed by atoms with Gasteiger partial charge in [-0.2, -0.15) is 0 Å². The molecule has 6 heteroatoms. The summed E-state index contributed by atoms with van der Waals surface area (Å²) in [6.07, 6.45) is 8.99. The normalized spacial score (nSPS) is 18.8. The quantitative estimate of drug-likeness (QED) is 0.345. The van der Waals surface area contributed by atoms with Crippen LogP contribution in [0.2, 0.25) is 0 Å². The monoisotopic (exact) mass is 501 g/mol. The molecular formula is C22H36IN3O2. The van der Waals surface area contributed by atoms with Crippen LogP contribution in [-0.2, 0) is 11.2 Å². The van der Waals surface area contributed by atoms with Crippen molar-refractivity contribution in [3.8, 4) is 5.75 Å². The standard InChI is InChI=1S/C22H35N3O2.HI/c1-3-26-19-13-16-25(17-14-19)22(23-2)24-15-12-18-8-10-21(11-9-18)27-20-6-4-5-7-20;/h8-11,19-20H,3-7,12-17H2,1-2H3,(H,23,24);1H. The fourth-order valence-electron chi connectivity index (χ4n) is 4.05. The number of halogens is 1. The third kappa shape index (κ3) is 7.10. The lowest BCUT2D eigenvalue weighted by Gasteiger charge is -2.34. The first-order valence-corrected chi connectivity index (χ1v) is 10.6. The highest BCUT2D eigenvalue weighted by Gasteiger charge is 2.21. The number of nitrogens with zero attached hydrogens (tertiary/aromatic N) is 2. The summed E-state index contributed by atoms with van der Waals surface area (Å²) in [5, 5.41) is 3.51. The second kappa shape index (κ2) is 12.5. The van der Waals surface area contributed by atoms with E-state index in [1.807, 2.05) is 7.05 Å². The van der Waals surface area contributed by atoms with Crippen LogP contribution in [0.5, 0.6) is 5.75 Å². The van der Waals surface area contributed by atoms with E-state index < -0.39 is 0 Å². The maximum absolute atomic E-state index is 6.04. The first-order chi connectivity index (χ1) is 13.3. The number of hydrogen-bond donors (Lipinski definition) is 1. The Bertz CT molecular complexity index is 580. The molecule has 0 unspecified atom stereocenters. The van der Waals surface area contributed by atoms with Crippen molar-refractivity contribution in [3.63, 3.8) is 0 Å². The van der Waals surface area contributed by atoms with E-state index in [0.29, 0.717) is 12.2 Å². The van der Waals surface area contributed by atoms with Crippen molar-refractivity contribution in [1.29, 1.82) is 0 Å². The van der Waals surface area contributed by atoms with Crippen LogP contribution in [0.3, 0.4) is 0 Å². The molecule has 3 rings (SSSR count). The van der Waals surface area contributed by atoms with Crippen molar-refractivity contribution in [2.24, 2.45) is 4.99 Å². The number of benzene rings is 1. The van der Waals surface area contributed by atoms with Crippen molar-refractivity contribution in [2.75, 3.05) is 33.3 Å². The molecule has 2 fully saturated rings. The summed E-state index contributed by atoms with van der Waals surface area (Å²) < 4.78 is 11.8. The molecule has 0 atom stereocenters. The lowest BCUT2D eigenvalue weighted by atomic mass is 10.1. The zero-order valence-electron chi connectivity index (χ0n) is 17.4. The number of likely N-dealkylation sites (tertiary alicyclic amines) is 1. The molecule has 28 heavy (non-hydrogen) atoms. The van der Waals surface area contributed by atoms with Crippen LogP contribution in [0.25, 0.3) is 0 Å². The molecule has 0 radical (unpaired) electrons. The molecule has 158 valence electrons. The Hall–Kier alpha value is -1.02. The molecule has 0 spiro atoms. The van der Waals surface area contributed by atoms with Gasteiger partial charge in [0.25, 0.3) is 0 Å². The number of nitrogens with one attached hydrogen (secondary N) is 1. The largest absolute Gasteiger partial charge is 0.490 e. The van der Waals surface area contributed by atoms with Crippen LogP contribution in [0.15, 0.2) is 29.3 Å². The average Bonchev–Trinajstić information content (AvgIpc) is 3.21. The molecule has 1 aliphatic carbocycles. The molecule has 1 saturated heterocycles. The van der Waals surface area contributed by atoms with Gasteiger partial charge in [0.1, 0.15) is 5.75 Å². The highest BCUT2D eigenvalue weighted by Crippen LogP contribution is 2.24. The number of hydrogen-bond acceptors (Lipinski definition) is 3. The summed E-state index contributed by atoms with van der Waals surface area (Å²) in [6.45, 7) is 5.79. The summed E-state index contributed by atoms with van der Waals surface area (Å²) >= 11 is 0. The van der Waals surface area contributed by atoms with E-state index >= 15 is 0 Å². The molecule has 0 aromatic heterocycles. The Labute approximate surface area is 187 Å². The van der Waals surface area contributed by atoms with E-state index in [-0.39, 0.29) is 24.0 Å². The Balaban J connectivity index is 0.00000280. The van der Waals surface area contributed by atoms with E-state index in [2.05, 4.69) is 46.4 Å². The minimum Gasteiger partial charge on any atom is -0.490 e. The molecule has 0 amide bonds. The van der Waals surface area contributed by atoms with Gasteiger partial charge in [-0.3, -0.25) is 4.99 Å². The lowest BCUT2D eigenvalue weighted by Crippen LogP contribution is -2.47. The van der Waals surface area contributed by atoms with Crippen LogP contribution >= 0.6 is 24.0 Å². The fourth-order valence-corrected chi connectivity index (χ4v) is 4.05. The van der Waals surface area contributed by atoms with Gasteiger partial charge < -0.3 is 19.7 Å². The minimum absolute atomic E-state index is 0. The zero-order valence-corrected chi connectivity index (χ0v) is 19.7. The van der Waals surface area contributed by atoms with Crippen molar-refractivity contribution < 1.29 is 9.47 Å². The summed E-state index contributed by atoms with van der Waals surface area (Å²) in [7, 11) is 1.87. The van der Waals surface area contributed by atoms with Crippen LogP contribution in [0, 0.1) is 0 Å². The molecular weight excluding hydrogens is 465 g/mol. The zero-order chi connectivity index (χ0) is 18.9. The SMILES string of the molecule is CCOC1CCN(C(=NC)NCCc2ccc(OC3CCCC3)cc2)CC1.I. The Kier molecular flexibility index (Phi) is 10.4. The number of guanidine groups is 1. The second-order valence-electron chi connectivity index (χ2n) is 7.53. The topological polar surface area (TPSA) is 46.1 Å². The first-order valence-electron chi connectivity index (χ1n) is 10.6. The van der Waals surface area contributed by atoms with Crippen LogP contribution < -0.4 is 10.1 Å². The molecule has 0 bridgehead atoms. The average molecular weight is 501 g/mol. The van der Waals surface area contributed by atoms with E-state index in [0.717, 1.165) is 57.2 Å². The van der Waals surface area contributed by atoms with Crippen molar-refractivity contribution in [3.05, 3.63) is 29.8 Å². The predicted octanol–water partition coefficient (Wildman–Crippen LogP) is 4.24. The highest BCUT2D eigenvalue weighted by atomic mass is 127. The Morgan fingerprint density at radius 1 is 1.07 bits per heavy atom. The maximum Gasteiger partial charge on any atom is 0.193 e. The van der Waals surface area contributed by atoms with Crippen LogP contribution in [0.4, 0.5) is 0 Å². The predicted molar refractivity (Wildman–Crippen MR) is 126 cm³/mol. The molecule has 5 nitrogen and oxygen atoms in total. The van der Waals surface area contributed by atoms with Gasteiger partial charge in [0, 0.05) is 33.3 Å². The molecule has 1 aliphatic heterocycles. The smallest absolute Gasteiger partial charge is 0.193 e. The second-order valence-corrected chi connectivity index (χ2v) is 7.53. The van der Waals surface area contributed by atoms with Gasteiger partial charge in [-0.1, -0.05) is 12.1 Å². The third-order valence-corrected chi connectivity index (χ3v) is 5.58. The maximum atomic E-state index is 6.04. The highest BCUT2D eigenvalue weighted by molar-refractivity contribution is 14.0. The summed E-state index contributed by atoms with van der Waals surface area (Å²) in [5.41, 5.74) is 1.33. The Morgan fingerprint density at radius 3 is 2.36 bits per heavy atom. The van der Waals surface area contributed by atoms with Gasteiger partial charge in [-0.15, -0.1) is 24.0 Å². The fraction of sp³-hybridized carbons (Fsp3) is 0.682. The van der Waals surface area contributed by atoms with Gasteiger partial charge >= 0.3 is 0 Å². The van der Waals surface area contributed by atoms with Crippen molar-refractivity contribution in [2.45, 2.75) is 64.1 Å². The molecule has 2 aliphatic rings. The lowest BCUT2D eigenvalue weighted by molar-refractivity contribution is 0.0264. The summed E-state index contributed by atoms with van der Waals surface area (Å²) in [5.74, 6) is 2.01. The van der Waals surface area contributed by atoms with Crippen molar-refractivity contribution >= 4 is 29.9 Å². The van der Waals surface area contributed by atoms with E-state index in [9.17, 15) is 0 Å². The van der Waals surface area contributed by atoms with E-state index in [4.69, 9.17) is 9.47 Å². The van der Waals surface area contributed by atoms with Gasteiger partial charge in [-0.25, -0.2) is 0 Å². The van der Waals surface area contributed by atoms with Crippen LogP contribution in [-0.4, -0.2) is 56.4 Å². The van der Waals surface area contributed by atoms with E-state index in [1.54, 1.807) is 0 Å². The number of rotatable bonds is 7.